The number of hydrogen-bond acceptors (Lipinski definition) is 2. The average Bonchev–Trinajstić information content (AvgIpc) is 2.01. The van der Waals surface area contributed by atoms with Gasteiger partial charge in [-0.15, -0.1) is 0 Å². The fraction of sp³-hybridized carbons (Fsp3) is 0.750. The lowest BCUT2D eigenvalue weighted by Gasteiger charge is -2.52. The zero-order valence-electron chi connectivity index (χ0n) is 10.1. The minimum absolute atomic E-state index is 0.278. The molecule has 1 aliphatic carbocycles. The average molecular weight is 214 g/mol. The van der Waals surface area contributed by atoms with E-state index in [2.05, 4.69) is 27.4 Å². The third-order valence-electron chi connectivity index (χ3n) is 3.29. The van der Waals surface area contributed by atoms with E-state index in [0.29, 0.717) is 18.4 Å². The Morgan fingerprint density at radius 2 is 1.87 bits per heavy atom. The predicted octanol–water partition coefficient (Wildman–Crippen LogP) is 2.31. The first-order valence-electron chi connectivity index (χ1n) is 5.19. The van der Waals surface area contributed by atoms with Crippen molar-refractivity contribution in [3.63, 3.8) is 0 Å². The third-order valence-corrected chi connectivity index (χ3v) is 3.29. The second-order valence-corrected chi connectivity index (χ2v) is 4.85. The Bertz CT molecular complexity index is 239. The third kappa shape index (κ3) is 3.67. The Morgan fingerprint density at radius 1 is 1.47 bits per heavy atom. The van der Waals surface area contributed by atoms with Crippen LogP contribution in [0.15, 0.2) is 12.2 Å². The van der Waals surface area contributed by atoms with Gasteiger partial charge in [-0.1, -0.05) is 26.0 Å². The number of carboxylic acids is 1. The highest BCUT2D eigenvalue weighted by atomic mass is 16.4. The van der Waals surface area contributed by atoms with Crippen LogP contribution in [0.4, 0.5) is 0 Å². The zero-order valence-corrected chi connectivity index (χ0v) is 10.1. The van der Waals surface area contributed by atoms with Crippen molar-refractivity contribution in [3.8, 4) is 0 Å². The van der Waals surface area contributed by atoms with E-state index in [1.807, 2.05) is 0 Å². The van der Waals surface area contributed by atoms with Crippen LogP contribution in [0, 0.1) is 17.3 Å². The van der Waals surface area contributed by atoms with E-state index >= 15 is 0 Å². The molecule has 2 unspecified atom stereocenters. The Kier molecular flexibility index (Phi) is 5.01. The van der Waals surface area contributed by atoms with Crippen LogP contribution in [0.1, 0.15) is 34.1 Å². The smallest absolute Gasteiger partial charge is 0.300 e. The van der Waals surface area contributed by atoms with Crippen molar-refractivity contribution in [2.24, 2.45) is 17.3 Å². The topological polar surface area (TPSA) is 57.5 Å². The van der Waals surface area contributed by atoms with Crippen molar-refractivity contribution in [2.45, 2.75) is 34.1 Å². The molecular weight excluding hydrogens is 192 g/mol. The number of aliphatic hydroxyl groups is 1. The summed E-state index contributed by atoms with van der Waals surface area (Å²) in [6, 6.07) is 0. The summed E-state index contributed by atoms with van der Waals surface area (Å²) >= 11 is 0. The molecule has 0 aromatic heterocycles. The molecule has 0 saturated heterocycles. The fourth-order valence-corrected chi connectivity index (χ4v) is 2.16. The molecule has 0 aliphatic heterocycles. The van der Waals surface area contributed by atoms with E-state index in [4.69, 9.17) is 15.0 Å². The Hall–Kier alpha value is -0.830. The second kappa shape index (κ2) is 5.31. The molecule has 0 heterocycles. The molecule has 0 amide bonds. The number of aliphatic carboxylic acids is 1. The quantitative estimate of drug-likeness (QED) is 0.693. The number of aliphatic hydroxyl groups excluding tert-OH is 1. The van der Waals surface area contributed by atoms with E-state index in [0.717, 1.165) is 13.3 Å². The SMILES string of the molecule is C=C(C)C1CC(CO)C1(C)C.CC(=O)O. The lowest BCUT2D eigenvalue weighted by atomic mass is 9.53. The molecule has 0 aromatic carbocycles. The molecule has 0 aromatic rings. The monoisotopic (exact) mass is 214 g/mol. The molecule has 1 saturated carbocycles. The number of rotatable bonds is 2. The molecule has 1 fully saturated rings. The molecule has 0 bridgehead atoms. The summed E-state index contributed by atoms with van der Waals surface area (Å²) in [6.45, 7) is 11.9. The van der Waals surface area contributed by atoms with Crippen LogP contribution < -0.4 is 0 Å². The van der Waals surface area contributed by atoms with Crippen molar-refractivity contribution < 1.29 is 15.0 Å². The number of allylic oxidation sites excluding steroid dienone is 1. The highest BCUT2D eigenvalue weighted by Crippen LogP contribution is 2.53. The first-order chi connectivity index (χ1) is 6.73. The van der Waals surface area contributed by atoms with Gasteiger partial charge in [-0.2, -0.15) is 0 Å². The molecule has 2 atom stereocenters. The molecule has 1 aliphatic rings. The van der Waals surface area contributed by atoms with Crippen molar-refractivity contribution in [1.82, 2.24) is 0 Å². The maximum Gasteiger partial charge on any atom is 0.300 e. The van der Waals surface area contributed by atoms with E-state index < -0.39 is 5.97 Å². The van der Waals surface area contributed by atoms with E-state index in [-0.39, 0.29) is 5.41 Å². The molecule has 3 heteroatoms. The van der Waals surface area contributed by atoms with Gasteiger partial charge in [-0.05, 0) is 30.6 Å². The summed E-state index contributed by atoms with van der Waals surface area (Å²) in [5.74, 6) is 0.281. The van der Waals surface area contributed by atoms with Crippen molar-refractivity contribution in [2.75, 3.05) is 6.61 Å². The van der Waals surface area contributed by atoms with Gasteiger partial charge in [0.25, 0.3) is 5.97 Å². The first-order valence-corrected chi connectivity index (χ1v) is 5.19. The molecule has 3 nitrogen and oxygen atoms in total. The Balaban J connectivity index is 0.000000423. The lowest BCUT2D eigenvalue weighted by Crippen LogP contribution is -2.46. The highest BCUT2D eigenvalue weighted by molar-refractivity contribution is 5.62. The molecule has 0 radical (unpaired) electrons. The molecule has 0 spiro atoms. The summed E-state index contributed by atoms with van der Waals surface area (Å²) in [7, 11) is 0. The fourth-order valence-electron chi connectivity index (χ4n) is 2.16. The standard InChI is InChI=1S/C10H18O.C2H4O2/c1-7(2)9-5-8(6-11)10(9,3)4;1-2(3)4/h8-9,11H,1,5-6H2,2-4H3;1H3,(H,3,4). The summed E-state index contributed by atoms with van der Waals surface area (Å²) in [5, 5.41) is 16.4. The maximum absolute atomic E-state index is 9.00. The van der Waals surface area contributed by atoms with Gasteiger partial charge in [0.2, 0.25) is 0 Å². The number of hydrogen-bond donors (Lipinski definition) is 2. The van der Waals surface area contributed by atoms with Gasteiger partial charge in [-0.25, -0.2) is 0 Å². The largest absolute Gasteiger partial charge is 0.481 e. The van der Waals surface area contributed by atoms with E-state index in [1.165, 1.54) is 5.57 Å². The van der Waals surface area contributed by atoms with Crippen molar-refractivity contribution in [3.05, 3.63) is 12.2 Å². The number of carbonyl (C=O) groups is 1. The summed E-state index contributed by atoms with van der Waals surface area (Å²) in [5.41, 5.74) is 1.54. The van der Waals surface area contributed by atoms with Gasteiger partial charge < -0.3 is 10.2 Å². The molecule has 88 valence electrons. The predicted molar refractivity (Wildman–Crippen MR) is 60.6 cm³/mol. The van der Waals surface area contributed by atoms with Crippen LogP contribution in [0.3, 0.4) is 0 Å². The van der Waals surface area contributed by atoms with Gasteiger partial charge in [0.05, 0.1) is 0 Å². The van der Waals surface area contributed by atoms with Gasteiger partial charge in [0, 0.05) is 13.5 Å². The lowest BCUT2D eigenvalue weighted by molar-refractivity contribution is -0.134. The van der Waals surface area contributed by atoms with Gasteiger partial charge >= 0.3 is 0 Å². The summed E-state index contributed by atoms with van der Waals surface area (Å²) < 4.78 is 0. The van der Waals surface area contributed by atoms with Gasteiger partial charge in [-0.3, -0.25) is 4.79 Å². The minimum atomic E-state index is -0.833. The van der Waals surface area contributed by atoms with Crippen molar-refractivity contribution in [1.29, 1.82) is 0 Å². The summed E-state index contributed by atoms with van der Waals surface area (Å²) in [6.07, 6.45) is 1.12. The Labute approximate surface area is 91.8 Å². The highest BCUT2D eigenvalue weighted by Gasteiger charge is 2.47. The first kappa shape index (κ1) is 14.2. The number of carboxylic acid groups (broad SMARTS) is 1. The van der Waals surface area contributed by atoms with Crippen LogP contribution in [0.25, 0.3) is 0 Å². The van der Waals surface area contributed by atoms with Crippen LogP contribution >= 0.6 is 0 Å². The summed E-state index contributed by atoms with van der Waals surface area (Å²) in [4.78, 5) is 9.00. The molecule has 2 N–H and O–H groups in total. The minimum Gasteiger partial charge on any atom is -0.481 e. The maximum atomic E-state index is 9.00. The van der Waals surface area contributed by atoms with E-state index in [1.54, 1.807) is 0 Å². The second-order valence-electron chi connectivity index (χ2n) is 4.85. The normalized spacial score (nSPS) is 27.0. The van der Waals surface area contributed by atoms with Crippen molar-refractivity contribution >= 4 is 5.97 Å². The zero-order chi connectivity index (χ0) is 12.2. The van der Waals surface area contributed by atoms with E-state index in [9.17, 15) is 0 Å². The van der Waals surface area contributed by atoms with Crippen LogP contribution in [-0.4, -0.2) is 22.8 Å². The molecule has 15 heavy (non-hydrogen) atoms. The Morgan fingerprint density at radius 3 is 2.07 bits per heavy atom. The van der Waals surface area contributed by atoms with Gasteiger partial charge in [0.15, 0.2) is 0 Å². The van der Waals surface area contributed by atoms with Crippen LogP contribution in [-0.2, 0) is 4.79 Å². The van der Waals surface area contributed by atoms with Crippen LogP contribution in [0.2, 0.25) is 0 Å². The van der Waals surface area contributed by atoms with Crippen LogP contribution in [0.5, 0.6) is 0 Å². The van der Waals surface area contributed by atoms with Gasteiger partial charge in [0.1, 0.15) is 0 Å². The molecular formula is C12H22O3. The molecule has 1 rings (SSSR count).